The van der Waals surface area contributed by atoms with Gasteiger partial charge in [-0.15, -0.1) is 0 Å². The number of fused-ring (bicyclic) bond motifs is 2. The SMILES string of the molecule is C/C(C#N)=C1\c2ccc(Br)cc2COc2cc(F)cc(F)c21. The molecule has 0 saturated carbocycles. The van der Waals surface area contributed by atoms with Gasteiger partial charge in [0, 0.05) is 27.8 Å². The van der Waals surface area contributed by atoms with Gasteiger partial charge in [0.05, 0.1) is 11.6 Å². The second-order valence-electron chi connectivity index (χ2n) is 4.96. The smallest absolute Gasteiger partial charge is 0.137 e. The highest BCUT2D eigenvalue weighted by atomic mass is 79.9. The van der Waals surface area contributed by atoms with Gasteiger partial charge >= 0.3 is 0 Å². The monoisotopic (exact) mass is 361 g/mol. The fraction of sp³-hybridized carbons (Fsp3) is 0.118. The van der Waals surface area contributed by atoms with Gasteiger partial charge in [0.15, 0.2) is 0 Å². The van der Waals surface area contributed by atoms with Crippen molar-refractivity contribution in [2.24, 2.45) is 0 Å². The molecule has 22 heavy (non-hydrogen) atoms. The first-order chi connectivity index (χ1) is 10.5. The van der Waals surface area contributed by atoms with Crippen LogP contribution in [0.15, 0.2) is 40.4 Å². The summed E-state index contributed by atoms with van der Waals surface area (Å²) in [6, 6.07) is 9.46. The van der Waals surface area contributed by atoms with Crippen LogP contribution < -0.4 is 4.74 Å². The molecule has 1 heterocycles. The first kappa shape index (κ1) is 14.7. The van der Waals surface area contributed by atoms with E-state index in [0.29, 0.717) is 16.7 Å². The lowest BCUT2D eigenvalue weighted by Crippen LogP contribution is -1.98. The molecule has 2 aromatic carbocycles. The quantitative estimate of drug-likeness (QED) is 0.621. The van der Waals surface area contributed by atoms with Gasteiger partial charge in [0.25, 0.3) is 0 Å². The van der Waals surface area contributed by atoms with Gasteiger partial charge in [0.1, 0.15) is 24.0 Å². The molecule has 0 aliphatic carbocycles. The number of benzene rings is 2. The third kappa shape index (κ3) is 2.40. The number of nitriles is 1. The Morgan fingerprint density at radius 2 is 2.05 bits per heavy atom. The predicted octanol–water partition coefficient (Wildman–Crippen LogP) is 4.97. The van der Waals surface area contributed by atoms with Gasteiger partial charge in [0.2, 0.25) is 0 Å². The summed E-state index contributed by atoms with van der Waals surface area (Å²) in [5, 5.41) is 9.28. The molecule has 2 aromatic rings. The largest absolute Gasteiger partial charge is 0.488 e. The van der Waals surface area contributed by atoms with Crippen LogP contribution in [-0.4, -0.2) is 0 Å². The molecular formula is C17H10BrF2NO. The highest BCUT2D eigenvalue weighted by Crippen LogP contribution is 2.41. The van der Waals surface area contributed by atoms with Crippen molar-refractivity contribution in [2.75, 3.05) is 0 Å². The summed E-state index contributed by atoms with van der Waals surface area (Å²) in [7, 11) is 0. The molecule has 3 rings (SSSR count). The van der Waals surface area contributed by atoms with E-state index in [1.54, 1.807) is 13.0 Å². The van der Waals surface area contributed by atoms with Crippen molar-refractivity contribution in [1.82, 2.24) is 0 Å². The number of rotatable bonds is 0. The molecule has 0 N–H and O–H groups in total. The molecule has 1 aliphatic rings. The summed E-state index contributed by atoms with van der Waals surface area (Å²) in [5.74, 6) is -1.35. The maximum atomic E-state index is 14.4. The Labute approximate surface area is 134 Å². The van der Waals surface area contributed by atoms with Crippen molar-refractivity contribution in [1.29, 1.82) is 5.26 Å². The summed E-state index contributed by atoms with van der Waals surface area (Å²) in [4.78, 5) is 0. The van der Waals surface area contributed by atoms with Crippen LogP contribution in [0.4, 0.5) is 8.78 Å². The van der Waals surface area contributed by atoms with Crippen LogP contribution in [0.1, 0.15) is 23.6 Å². The molecule has 5 heteroatoms. The van der Waals surface area contributed by atoms with Crippen molar-refractivity contribution >= 4 is 21.5 Å². The number of ether oxygens (including phenoxy) is 1. The van der Waals surface area contributed by atoms with E-state index in [4.69, 9.17) is 4.74 Å². The van der Waals surface area contributed by atoms with Crippen molar-refractivity contribution in [3.8, 4) is 11.8 Å². The Morgan fingerprint density at radius 3 is 2.77 bits per heavy atom. The van der Waals surface area contributed by atoms with Crippen LogP contribution in [0.3, 0.4) is 0 Å². The maximum absolute atomic E-state index is 14.4. The standard InChI is InChI=1S/C17H10BrF2NO/c1-9(7-21)16-13-3-2-11(18)4-10(13)8-22-15-6-12(19)5-14(20)17(15)16/h2-6H,8H2,1H3/b16-9-. The zero-order chi connectivity index (χ0) is 15.9. The van der Waals surface area contributed by atoms with Crippen LogP contribution in [0.5, 0.6) is 5.75 Å². The zero-order valence-electron chi connectivity index (χ0n) is 11.6. The van der Waals surface area contributed by atoms with Crippen LogP contribution in [0.25, 0.3) is 5.57 Å². The van der Waals surface area contributed by atoms with E-state index in [2.05, 4.69) is 22.0 Å². The summed E-state index contributed by atoms with van der Waals surface area (Å²) >= 11 is 3.38. The highest BCUT2D eigenvalue weighted by Gasteiger charge is 2.25. The minimum Gasteiger partial charge on any atom is -0.488 e. The Balaban J connectivity index is 2.40. The minimum absolute atomic E-state index is 0.106. The third-order valence-electron chi connectivity index (χ3n) is 3.53. The number of nitrogens with zero attached hydrogens (tertiary/aromatic N) is 1. The van der Waals surface area contributed by atoms with Crippen molar-refractivity contribution in [2.45, 2.75) is 13.5 Å². The third-order valence-corrected chi connectivity index (χ3v) is 4.02. The first-order valence-electron chi connectivity index (χ1n) is 6.53. The van der Waals surface area contributed by atoms with Gasteiger partial charge in [-0.25, -0.2) is 8.78 Å². The van der Waals surface area contributed by atoms with E-state index in [0.717, 1.165) is 22.2 Å². The second kappa shape index (κ2) is 5.54. The average molecular weight is 362 g/mol. The number of allylic oxidation sites excluding steroid dienone is 1. The van der Waals surface area contributed by atoms with E-state index in [1.807, 2.05) is 12.1 Å². The van der Waals surface area contributed by atoms with Crippen molar-refractivity contribution in [3.63, 3.8) is 0 Å². The lowest BCUT2D eigenvalue weighted by Gasteiger charge is -2.12. The fourth-order valence-electron chi connectivity index (χ4n) is 2.57. The summed E-state index contributed by atoms with van der Waals surface area (Å²) < 4.78 is 34.3. The van der Waals surface area contributed by atoms with E-state index >= 15 is 0 Å². The average Bonchev–Trinajstić information content (AvgIpc) is 2.63. The van der Waals surface area contributed by atoms with E-state index in [-0.39, 0.29) is 17.9 Å². The van der Waals surface area contributed by atoms with E-state index in [9.17, 15) is 14.0 Å². The van der Waals surface area contributed by atoms with Crippen LogP contribution >= 0.6 is 15.9 Å². The Kier molecular flexibility index (Phi) is 3.71. The maximum Gasteiger partial charge on any atom is 0.137 e. The molecule has 0 atom stereocenters. The molecule has 2 nitrogen and oxygen atoms in total. The molecule has 0 spiro atoms. The first-order valence-corrected chi connectivity index (χ1v) is 7.32. The molecule has 0 bridgehead atoms. The summed E-state index contributed by atoms with van der Waals surface area (Å²) in [6.07, 6.45) is 0. The Bertz CT molecular complexity index is 852. The van der Waals surface area contributed by atoms with Gasteiger partial charge in [-0.3, -0.25) is 0 Å². The molecule has 0 saturated heterocycles. The van der Waals surface area contributed by atoms with Crippen LogP contribution in [-0.2, 0) is 6.61 Å². The Hall–Kier alpha value is -2.19. The van der Waals surface area contributed by atoms with Crippen molar-refractivity contribution < 1.29 is 13.5 Å². The van der Waals surface area contributed by atoms with E-state index < -0.39 is 11.6 Å². The van der Waals surface area contributed by atoms with Crippen molar-refractivity contribution in [3.05, 3.63) is 68.7 Å². The zero-order valence-corrected chi connectivity index (χ0v) is 13.2. The highest BCUT2D eigenvalue weighted by molar-refractivity contribution is 9.10. The van der Waals surface area contributed by atoms with Gasteiger partial charge in [-0.1, -0.05) is 22.0 Å². The molecule has 110 valence electrons. The fourth-order valence-corrected chi connectivity index (χ4v) is 2.98. The van der Waals surface area contributed by atoms with Gasteiger partial charge in [-0.2, -0.15) is 5.26 Å². The van der Waals surface area contributed by atoms with Crippen LogP contribution in [0.2, 0.25) is 0 Å². The molecular weight excluding hydrogens is 352 g/mol. The molecule has 0 aromatic heterocycles. The second-order valence-corrected chi connectivity index (χ2v) is 5.88. The lowest BCUT2D eigenvalue weighted by molar-refractivity contribution is 0.303. The topological polar surface area (TPSA) is 33.0 Å². The molecule has 0 fully saturated rings. The summed E-state index contributed by atoms with van der Waals surface area (Å²) in [5.41, 5.74) is 2.43. The number of hydrogen-bond donors (Lipinski definition) is 0. The predicted molar refractivity (Wildman–Crippen MR) is 82.1 cm³/mol. The Morgan fingerprint density at radius 1 is 1.27 bits per heavy atom. The van der Waals surface area contributed by atoms with Gasteiger partial charge < -0.3 is 4.74 Å². The minimum atomic E-state index is -0.740. The molecule has 0 unspecified atom stereocenters. The van der Waals surface area contributed by atoms with E-state index in [1.165, 1.54) is 0 Å². The van der Waals surface area contributed by atoms with Gasteiger partial charge in [-0.05, 0) is 30.2 Å². The molecule has 0 radical (unpaired) electrons. The molecule has 0 amide bonds. The number of halogens is 3. The molecule has 1 aliphatic heterocycles. The normalized spacial score (nSPS) is 15.0. The van der Waals surface area contributed by atoms with Crippen LogP contribution in [0, 0.1) is 23.0 Å². The summed E-state index contributed by atoms with van der Waals surface area (Å²) in [6.45, 7) is 1.78. The number of hydrogen-bond acceptors (Lipinski definition) is 2. The lowest BCUT2D eigenvalue weighted by atomic mass is 9.91.